The fourth-order valence-corrected chi connectivity index (χ4v) is 1.85. The molecule has 16 heavy (non-hydrogen) atoms. The van der Waals surface area contributed by atoms with Gasteiger partial charge in [0.15, 0.2) is 0 Å². The van der Waals surface area contributed by atoms with Crippen molar-refractivity contribution in [1.29, 1.82) is 0 Å². The number of hydrogen-bond donors (Lipinski definition) is 1. The Labute approximate surface area is 95.8 Å². The molecular formula is C11H10ClF3O. The molecule has 1 aromatic carbocycles. The molecule has 0 amide bonds. The highest BCUT2D eigenvalue weighted by atomic mass is 35.5. The number of aliphatic hydroxyl groups excluding tert-OH is 1. The first-order valence-electron chi connectivity index (χ1n) is 4.94. The first-order chi connectivity index (χ1) is 7.39. The van der Waals surface area contributed by atoms with Crippen molar-refractivity contribution in [3.63, 3.8) is 0 Å². The molecule has 0 radical (unpaired) electrons. The smallest absolute Gasteiger partial charge is 0.388 e. The van der Waals surface area contributed by atoms with Gasteiger partial charge in [-0.15, -0.1) is 0 Å². The van der Waals surface area contributed by atoms with Crippen molar-refractivity contribution in [3.05, 3.63) is 34.3 Å². The molecule has 1 nitrogen and oxygen atoms in total. The number of aliphatic hydroxyl groups is 1. The lowest BCUT2D eigenvalue weighted by Gasteiger charge is -2.14. The standard InChI is InChI=1S/C11H10ClF3O/c12-9-4-3-7(10(16)6-1-2-6)5-8(9)11(13,14)15/h3-6,10,16H,1-2H2. The van der Waals surface area contributed by atoms with E-state index >= 15 is 0 Å². The van der Waals surface area contributed by atoms with Crippen LogP contribution in [0.1, 0.15) is 30.1 Å². The SMILES string of the molecule is OC(c1ccc(Cl)c(C(F)(F)F)c1)C1CC1. The third-order valence-corrected chi connectivity index (χ3v) is 3.04. The van der Waals surface area contributed by atoms with Crippen molar-refractivity contribution < 1.29 is 18.3 Å². The predicted molar refractivity (Wildman–Crippen MR) is 54.1 cm³/mol. The molecule has 1 atom stereocenters. The van der Waals surface area contributed by atoms with Crippen LogP contribution in [0.4, 0.5) is 13.2 Å². The molecule has 1 unspecified atom stereocenters. The summed E-state index contributed by atoms with van der Waals surface area (Å²) in [6, 6.07) is 3.57. The zero-order valence-corrected chi connectivity index (χ0v) is 9.02. The highest BCUT2D eigenvalue weighted by Gasteiger charge is 2.36. The third kappa shape index (κ3) is 2.33. The van der Waals surface area contributed by atoms with E-state index in [1.807, 2.05) is 0 Å². The van der Waals surface area contributed by atoms with Gasteiger partial charge in [-0.05, 0) is 36.5 Å². The summed E-state index contributed by atoms with van der Waals surface area (Å²) in [5, 5.41) is 9.40. The molecule has 1 aromatic rings. The topological polar surface area (TPSA) is 20.2 Å². The largest absolute Gasteiger partial charge is 0.417 e. The van der Waals surface area contributed by atoms with E-state index in [4.69, 9.17) is 11.6 Å². The van der Waals surface area contributed by atoms with Crippen LogP contribution in [-0.4, -0.2) is 5.11 Å². The van der Waals surface area contributed by atoms with Gasteiger partial charge in [0.1, 0.15) is 0 Å². The normalized spacial score (nSPS) is 18.6. The maximum atomic E-state index is 12.5. The van der Waals surface area contributed by atoms with E-state index in [9.17, 15) is 18.3 Å². The van der Waals surface area contributed by atoms with Gasteiger partial charge in [-0.25, -0.2) is 0 Å². The van der Waals surface area contributed by atoms with E-state index in [0.29, 0.717) is 5.56 Å². The predicted octanol–water partition coefficient (Wildman–Crippen LogP) is 3.80. The fraction of sp³-hybridized carbons (Fsp3) is 0.455. The van der Waals surface area contributed by atoms with Crippen LogP contribution in [0, 0.1) is 5.92 Å². The summed E-state index contributed by atoms with van der Waals surface area (Å²) < 4.78 is 37.6. The Hall–Kier alpha value is -0.740. The van der Waals surface area contributed by atoms with Gasteiger partial charge in [0.25, 0.3) is 0 Å². The summed E-state index contributed by atoms with van der Waals surface area (Å²) in [5.74, 6) is 0.0993. The van der Waals surface area contributed by atoms with Gasteiger partial charge in [-0.2, -0.15) is 13.2 Å². The average Bonchev–Trinajstić information content (AvgIpc) is 2.98. The molecule has 0 saturated heterocycles. The van der Waals surface area contributed by atoms with Crippen LogP contribution >= 0.6 is 11.6 Å². The van der Waals surface area contributed by atoms with Crippen molar-refractivity contribution >= 4 is 11.6 Å². The average molecular weight is 251 g/mol. The van der Waals surface area contributed by atoms with Gasteiger partial charge in [0.05, 0.1) is 16.7 Å². The molecule has 2 rings (SSSR count). The zero-order chi connectivity index (χ0) is 11.9. The van der Waals surface area contributed by atoms with Crippen molar-refractivity contribution in [2.75, 3.05) is 0 Å². The second kappa shape index (κ2) is 3.93. The summed E-state index contributed by atoms with van der Waals surface area (Å²) in [6.07, 6.45) is -3.55. The van der Waals surface area contributed by atoms with E-state index in [1.54, 1.807) is 0 Å². The van der Waals surface area contributed by atoms with Crippen LogP contribution in [-0.2, 0) is 6.18 Å². The minimum atomic E-state index is -4.48. The van der Waals surface area contributed by atoms with Crippen LogP contribution in [0.3, 0.4) is 0 Å². The molecule has 0 aromatic heterocycles. The van der Waals surface area contributed by atoms with Gasteiger partial charge < -0.3 is 5.11 Å². The maximum Gasteiger partial charge on any atom is 0.417 e. The molecular weight excluding hydrogens is 241 g/mol. The number of benzene rings is 1. The van der Waals surface area contributed by atoms with Crippen LogP contribution < -0.4 is 0 Å². The first kappa shape index (κ1) is 11.7. The minimum Gasteiger partial charge on any atom is -0.388 e. The summed E-state index contributed by atoms with van der Waals surface area (Å²) in [4.78, 5) is 0. The second-order valence-electron chi connectivity index (χ2n) is 4.02. The van der Waals surface area contributed by atoms with Crippen LogP contribution in [0.15, 0.2) is 18.2 Å². The summed E-state index contributed by atoms with van der Waals surface area (Å²) in [7, 11) is 0. The monoisotopic (exact) mass is 250 g/mol. The quantitative estimate of drug-likeness (QED) is 0.846. The van der Waals surface area contributed by atoms with Crippen LogP contribution in [0.2, 0.25) is 5.02 Å². The Kier molecular flexibility index (Phi) is 2.88. The minimum absolute atomic E-state index is 0.0993. The van der Waals surface area contributed by atoms with E-state index in [2.05, 4.69) is 0 Å². The van der Waals surface area contributed by atoms with Gasteiger partial charge in [0.2, 0.25) is 0 Å². The lowest BCUT2D eigenvalue weighted by Crippen LogP contribution is -2.08. The third-order valence-electron chi connectivity index (χ3n) is 2.71. The Morgan fingerprint density at radius 2 is 1.94 bits per heavy atom. The summed E-state index contributed by atoms with van der Waals surface area (Å²) in [6.45, 7) is 0. The summed E-state index contributed by atoms with van der Waals surface area (Å²) >= 11 is 5.48. The molecule has 88 valence electrons. The maximum absolute atomic E-state index is 12.5. The zero-order valence-electron chi connectivity index (χ0n) is 8.26. The second-order valence-corrected chi connectivity index (χ2v) is 4.43. The highest BCUT2D eigenvalue weighted by molar-refractivity contribution is 6.31. The van der Waals surface area contributed by atoms with E-state index in [-0.39, 0.29) is 10.9 Å². The van der Waals surface area contributed by atoms with Crippen molar-refractivity contribution in [3.8, 4) is 0 Å². The van der Waals surface area contributed by atoms with Gasteiger partial charge >= 0.3 is 6.18 Å². The lowest BCUT2D eigenvalue weighted by atomic mass is 10.0. The molecule has 0 bridgehead atoms. The van der Waals surface area contributed by atoms with Crippen molar-refractivity contribution in [1.82, 2.24) is 0 Å². The molecule has 1 saturated carbocycles. The highest BCUT2D eigenvalue weighted by Crippen LogP contribution is 2.43. The Morgan fingerprint density at radius 1 is 1.31 bits per heavy atom. The van der Waals surface area contributed by atoms with Crippen LogP contribution in [0.5, 0.6) is 0 Å². The molecule has 1 aliphatic rings. The Morgan fingerprint density at radius 3 is 2.44 bits per heavy atom. The molecule has 1 N–H and O–H groups in total. The molecule has 0 aliphatic heterocycles. The Bertz CT molecular complexity index is 399. The molecule has 0 heterocycles. The molecule has 1 fully saturated rings. The fourth-order valence-electron chi connectivity index (χ4n) is 1.63. The van der Waals surface area contributed by atoms with Gasteiger partial charge in [-0.1, -0.05) is 17.7 Å². The number of rotatable bonds is 2. The molecule has 1 aliphatic carbocycles. The number of halogens is 4. The number of alkyl halides is 3. The first-order valence-corrected chi connectivity index (χ1v) is 5.32. The van der Waals surface area contributed by atoms with Gasteiger partial charge in [0, 0.05) is 0 Å². The summed E-state index contributed by atoms with van der Waals surface area (Å²) in [5.41, 5.74) is -0.592. The number of hydrogen-bond acceptors (Lipinski definition) is 1. The van der Waals surface area contributed by atoms with Crippen molar-refractivity contribution in [2.24, 2.45) is 5.92 Å². The van der Waals surface area contributed by atoms with E-state index < -0.39 is 17.8 Å². The van der Waals surface area contributed by atoms with Gasteiger partial charge in [-0.3, -0.25) is 0 Å². The van der Waals surface area contributed by atoms with Crippen molar-refractivity contribution in [2.45, 2.75) is 25.1 Å². The lowest BCUT2D eigenvalue weighted by molar-refractivity contribution is -0.137. The Balaban J connectivity index is 2.34. The van der Waals surface area contributed by atoms with Crippen LogP contribution in [0.25, 0.3) is 0 Å². The molecule has 5 heteroatoms. The van der Waals surface area contributed by atoms with E-state index in [1.165, 1.54) is 12.1 Å². The molecule has 0 spiro atoms. The van der Waals surface area contributed by atoms with E-state index in [0.717, 1.165) is 18.9 Å².